The molecule has 0 saturated carbocycles. The molecule has 1 aromatic carbocycles. The lowest BCUT2D eigenvalue weighted by atomic mass is 10.2. The van der Waals surface area contributed by atoms with Crippen LogP contribution in [0.1, 0.15) is 39.1 Å². The molecular formula is C21H22FN3O5S. The average molecular weight is 447 g/mol. The molecule has 0 radical (unpaired) electrons. The van der Waals surface area contributed by atoms with Gasteiger partial charge in [-0.2, -0.15) is 0 Å². The molecule has 2 rings (SSSR count). The first-order chi connectivity index (χ1) is 14.8. The van der Waals surface area contributed by atoms with Gasteiger partial charge in [0.15, 0.2) is 5.78 Å². The van der Waals surface area contributed by atoms with Crippen molar-refractivity contribution >= 4 is 35.3 Å². The van der Waals surface area contributed by atoms with Gasteiger partial charge in [-0.25, -0.2) is 4.39 Å². The Hall–Kier alpha value is -3.27. The van der Waals surface area contributed by atoms with Gasteiger partial charge < -0.3 is 15.7 Å². The first-order valence-corrected chi connectivity index (χ1v) is 10.6. The molecule has 0 unspecified atom stereocenters. The summed E-state index contributed by atoms with van der Waals surface area (Å²) in [5.74, 6) is -1.71. The summed E-state index contributed by atoms with van der Waals surface area (Å²) in [6.45, 7) is 0.0203. The molecule has 2 aromatic rings. The van der Waals surface area contributed by atoms with Crippen LogP contribution in [0, 0.1) is 5.82 Å². The van der Waals surface area contributed by atoms with Gasteiger partial charge in [-0.1, -0.05) is 12.1 Å². The summed E-state index contributed by atoms with van der Waals surface area (Å²) in [5.41, 5.74) is 1.18. The molecule has 1 heterocycles. The van der Waals surface area contributed by atoms with Crippen LogP contribution in [0.15, 0.2) is 42.7 Å². The highest BCUT2D eigenvalue weighted by atomic mass is 32.2. The number of thioether (sulfide) groups is 1. The van der Waals surface area contributed by atoms with Crippen LogP contribution in [0.3, 0.4) is 0 Å². The molecule has 3 N–H and O–H groups in total. The minimum Gasteiger partial charge on any atom is -0.481 e. The lowest BCUT2D eigenvalue weighted by Gasteiger charge is -2.07. The van der Waals surface area contributed by atoms with Gasteiger partial charge >= 0.3 is 5.97 Å². The number of carbonyl (C=O) groups excluding carboxylic acids is 3. The maximum atomic E-state index is 12.9. The number of hydrogen-bond acceptors (Lipinski definition) is 6. The standard InChI is InChI=1S/C21H22FN3O5S/c22-17-5-3-14(4-6-17)12-31-13-18(26)11-25-21(30)16-8-15(9-23-10-16)20(29)24-7-1-2-19(27)28/h3-6,8-10H,1-2,7,11-13H2,(H,24,29)(H,25,30)(H,27,28). The normalized spacial score (nSPS) is 10.4. The fourth-order valence-electron chi connectivity index (χ4n) is 2.43. The molecule has 31 heavy (non-hydrogen) atoms. The fraction of sp³-hybridized carbons (Fsp3) is 0.286. The van der Waals surface area contributed by atoms with E-state index >= 15 is 0 Å². The predicted molar refractivity (Wildman–Crippen MR) is 113 cm³/mol. The maximum Gasteiger partial charge on any atom is 0.303 e. The van der Waals surface area contributed by atoms with Crippen molar-refractivity contribution in [2.24, 2.45) is 0 Å². The van der Waals surface area contributed by atoms with Crippen LogP contribution in [-0.2, 0) is 15.3 Å². The van der Waals surface area contributed by atoms with Crippen molar-refractivity contribution in [1.29, 1.82) is 0 Å². The van der Waals surface area contributed by atoms with Gasteiger partial charge in [-0.05, 0) is 30.2 Å². The largest absolute Gasteiger partial charge is 0.481 e. The summed E-state index contributed by atoms with van der Waals surface area (Å²) < 4.78 is 12.9. The van der Waals surface area contributed by atoms with Gasteiger partial charge in [0.25, 0.3) is 11.8 Å². The third kappa shape index (κ3) is 8.95. The zero-order chi connectivity index (χ0) is 22.6. The highest BCUT2D eigenvalue weighted by Gasteiger charge is 2.12. The van der Waals surface area contributed by atoms with Crippen molar-refractivity contribution in [1.82, 2.24) is 15.6 Å². The molecule has 8 nitrogen and oxygen atoms in total. The number of ketones is 1. The number of Topliss-reactive ketones (excluding diaryl/α,β-unsaturated/α-hetero) is 1. The third-order valence-corrected chi connectivity index (χ3v) is 5.07. The highest BCUT2D eigenvalue weighted by Crippen LogP contribution is 2.12. The molecule has 0 aliphatic carbocycles. The number of aromatic nitrogens is 1. The van der Waals surface area contributed by atoms with Gasteiger partial charge in [0.1, 0.15) is 5.82 Å². The number of pyridine rings is 1. The monoisotopic (exact) mass is 447 g/mol. The molecule has 0 saturated heterocycles. The minimum atomic E-state index is -0.946. The predicted octanol–water partition coefficient (Wildman–Crippen LogP) is 2.05. The molecular weight excluding hydrogens is 425 g/mol. The number of aliphatic carboxylic acids is 1. The summed E-state index contributed by atoms with van der Waals surface area (Å²) in [6.07, 6.45) is 2.80. The summed E-state index contributed by atoms with van der Waals surface area (Å²) in [4.78, 5) is 50.6. The van der Waals surface area contributed by atoms with E-state index in [4.69, 9.17) is 5.11 Å². The zero-order valence-corrected chi connectivity index (χ0v) is 17.4. The maximum absolute atomic E-state index is 12.9. The van der Waals surface area contributed by atoms with Crippen molar-refractivity contribution in [3.05, 3.63) is 65.2 Å². The van der Waals surface area contributed by atoms with Crippen molar-refractivity contribution in [2.45, 2.75) is 18.6 Å². The lowest BCUT2D eigenvalue weighted by molar-refractivity contribution is -0.137. The van der Waals surface area contributed by atoms with Crippen LogP contribution < -0.4 is 10.6 Å². The number of carbonyl (C=O) groups is 4. The van der Waals surface area contributed by atoms with E-state index in [-0.39, 0.29) is 54.4 Å². The highest BCUT2D eigenvalue weighted by molar-refractivity contribution is 7.99. The molecule has 164 valence electrons. The number of amides is 2. The second-order valence-electron chi connectivity index (χ2n) is 6.56. The van der Waals surface area contributed by atoms with E-state index < -0.39 is 17.8 Å². The number of hydrogen-bond donors (Lipinski definition) is 3. The number of carboxylic acids is 1. The lowest BCUT2D eigenvalue weighted by Crippen LogP contribution is -2.31. The molecule has 10 heteroatoms. The van der Waals surface area contributed by atoms with Gasteiger partial charge in [0.05, 0.1) is 23.4 Å². The average Bonchev–Trinajstić information content (AvgIpc) is 2.76. The molecule has 0 bridgehead atoms. The molecule has 0 fully saturated rings. The van der Waals surface area contributed by atoms with Crippen LogP contribution in [-0.4, -0.2) is 52.5 Å². The second-order valence-corrected chi connectivity index (χ2v) is 7.54. The van der Waals surface area contributed by atoms with E-state index in [0.717, 1.165) is 5.56 Å². The number of halogens is 1. The molecule has 0 spiro atoms. The van der Waals surface area contributed by atoms with Crippen molar-refractivity contribution in [3.63, 3.8) is 0 Å². The zero-order valence-electron chi connectivity index (χ0n) is 16.6. The van der Waals surface area contributed by atoms with Crippen LogP contribution in [0.2, 0.25) is 0 Å². The number of nitrogens with zero attached hydrogens (tertiary/aromatic N) is 1. The summed E-state index contributed by atoms with van der Waals surface area (Å²) in [5, 5.41) is 13.6. The summed E-state index contributed by atoms with van der Waals surface area (Å²) >= 11 is 1.36. The molecule has 0 atom stereocenters. The van der Waals surface area contributed by atoms with Crippen LogP contribution in [0.4, 0.5) is 4.39 Å². The Balaban J connectivity index is 1.75. The van der Waals surface area contributed by atoms with Crippen molar-refractivity contribution < 1.29 is 28.7 Å². The van der Waals surface area contributed by atoms with Gasteiger partial charge in [0.2, 0.25) is 0 Å². The van der Waals surface area contributed by atoms with Crippen LogP contribution in [0.5, 0.6) is 0 Å². The topological polar surface area (TPSA) is 125 Å². The van der Waals surface area contributed by atoms with Crippen LogP contribution >= 0.6 is 11.8 Å². The van der Waals surface area contributed by atoms with Gasteiger partial charge in [-0.15, -0.1) is 11.8 Å². The van der Waals surface area contributed by atoms with E-state index in [1.54, 1.807) is 12.1 Å². The number of carboxylic acid groups (broad SMARTS) is 1. The Labute approximate surface area is 182 Å². The van der Waals surface area contributed by atoms with Crippen LogP contribution in [0.25, 0.3) is 0 Å². The smallest absolute Gasteiger partial charge is 0.303 e. The Morgan fingerprint density at radius 1 is 1.00 bits per heavy atom. The van der Waals surface area contributed by atoms with Crippen molar-refractivity contribution in [3.8, 4) is 0 Å². The van der Waals surface area contributed by atoms with Gasteiger partial charge in [-0.3, -0.25) is 24.2 Å². The summed E-state index contributed by atoms with van der Waals surface area (Å²) in [7, 11) is 0. The number of benzene rings is 1. The molecule has 0 aliphatic heterocycles. The Bertz CT molecular complexity index is 937. The quantitative estimate of drug-likeness (QED) is 0.425. The molecule has 0 aliphatic rings. The fourth-order valence-corrected chi connectivity index (χ4v) is 3.29. The van der Waals surface area contributed by atoms with E-state index in [9.17, 15) is 23.6 Å². The second kappa shape index (κ2) is 12.4. The third-order valence-electron chi connectivity index (χ3n) is 4.01. The van der Waals surface area contributed by atoms with Crippen molar-refractivity contribution in [2.75, 3.05) is 18.8 Å². The van der Waals surface area contributed by atoms with E-state index in [2.05, 4.69) is 15.6 Å². The Morgan fingerprint density at radius 2 is 1.65 bits per heavy atom. The van der Waals surface area contributed by atoms with E-state index in [1.165, 1.54) is 42.4 Å². The number of nitrogens with one attached hydrogen (secondary N) is 2. The minimum absolute atomic E-state index is 0.0583. The Morgan fingerprint density at radius 3 is 2.29 bits per heavy atom. The number of rotatable bonds is 12. The molecule has 1 aromatic heterocycles. The first-order valence-electron chi connectivity index (χ1n) is 9.42. The van der Waals surface area contributed by atoms with E-state index in [1.807, 2.05) is 0 Å². The Kier molecular flexibility index (Phi) is 9.63. The summed E-state index contributed by atoms with van der Waals surface area (Å²) in [6, 6.07) is 7.36. The SMILES string of the molecule is O=C(O)CCCNC(=O)c1cncc(C(=O)NCC(=O)CSCc2ccc(F)cc2)c1. The molecule has 2 amide bonds. The van der Waals surface area contributed by atoms with Gasteiger partial charge in [0, 0.05) is 31.1 Å². The first kappa shape index (κ1) is 24.0. The van der Waals surface area contributed by atoms with E-state index in [0.29, 0.717) is 5.75 Å².